The minimum Gasteiger partial charge on any atom is -0.451 e. The van der Waals surface area contributed by atoms with Crippen molar-refractivity contribution in [2.75, 3.05) is 17.2 Å². The summed E-state index contributed by atoms with van der Waals surface area (Å²) in [5, 5.41) is 0. The molecule has 4 nitrogen and oxygen atoms in total. The van der Waals surface area contributed by atoms with Crippen LogP contribution in [0.4, 0.5) is 11.4 Å². The first-order valence-electron chi connectivity index (χ1n) is 5.84. The van der Waals surface area contributed by atoms with Gasteiger partial charge >= 0.3 is 0 Å². The van der Waals surface area contributed by atoms with Gasteiger partial charge in [-0.05, 0) is 30.5 Å². The Balaban J connectivity index is 1.92. The maximum atomic E-state index is 6.02. The minimum absolute atomic E-state index is 0.785. The second-order valence-corrected chi connectivity index (χ2v) is 4.35. The lowest BCUT2D eigenvalue weighted by Gasteiger charge is -2.31. The average molecular weight is 229 g/mol. The predicted molar refractivity (Wildman–Crippen MR) is 66.7 cm³/mol. The lowest BCUT2D eigenvalue weighted by Crippen LogP contribution is -2.29. The molecule has 1 aliphatic heterocycles. The molecule has 0 unspecified atom stereocenters. The Morgan fingerprint density at radius 1 is 1.41 bits per heavy atom. The van der Waals surface area contributed by atoms with Crippen LogP contribution in [0.25, 0.3) is 0 Å². The van der Waals surface area contributed by atoms with E-state index < -0.39 is 0 Å². The van der Waals surface area contributed by atoms with Crippen LogP contribution < -0.4 is 10.6 Å². The van der Waals surface area contributed by atoms with Crippen LogP contribution in [0.1, 0.15) is 17.7 Å². The fourth-order valence-electron chi connectivity index (χ4n) is 2.40. The third-order valence-electron chi connectivity index (χ3n) is 3.22. The van der Waals surface area contributed by atoms with E-state index in [0.717, 1.165) is 37.3 Å². The van der Waals surface area contributed by atoms with E-state index in [1.807, 2.05) is 12.1 Å². The molecule has 2 aromatic rings. The zero-order chi connectivity index (χ0) is 11.7. The molecule has 0 atom stereocenters. The standard InChI is InChI=1S/C13H15N3O/c14-12-4-1-5-13-11(12)3-2-6-16(13)7-10-8-17-9-15-10/h1,4-5,8-9H,2-3,6-7,14H2. The van der Waals surface area contributed by atoms with Gasteiger partial charge in [0.05, 0.1) is 12.2 Å². The third kappa shape index (κ3) is 1.86. The smallest absolute Gasteiger partial charge is 0.180 e. The summed E-state index contributed by atoms with van der Waals surface area (Å²) < 4.78 is 5.01. The van der Waals surface area contributed by atoms with Crippen LogP contribution in [0.2, 0.25) is 0 Å². The van der Waals surface area contributed by atoms with Crippen molar-refractivity contribution in [3.8, 4) is 0 Å². The normalized spacial score (nSPS) is 14.7. The van der Waals surface area contributed by atoms with Crippen molar-refractivity contribution >= 4 is 11.4 Å². The zero-order valence-electron chi connectivity index (χ0n) is 9.60. The van der Waals surface area contributed by atoms with Crippen molar-refractivity contribution in [3.05, 3.63) is 42.1 Å². The predicted octanol–water partition coefficient (Wildman–Crippen LogP) is 2.21. The van der Waals surface area contributed by atoms with Crippen molar-refractivity contribution < 1.29 is 4.42 Å². The fourth-order valence-corrected chi connectivity index (χ4v) is 2.40. The Morgan fingerprint density at radius 2 is 2.35 bits per heavy atom. The van der Waals surface area contributed by atoms with Crippen molar-refractivity contribution in [2.45, 2.75) is 19.4 Å². The molecule has 0 bridgehead atoms. The van der Waals surface area contributed by atoms with Gasteiger partial charge in [0.1, 0.15) is 6.26 Å². The van der Waals surface area contributed by atoms with E-state index in [9.17, 15) is 0 Å². The Morgan fingerprint density at radius 3 is 3.18 bits per heavy atom. The monoisotopic (exact) mass is 229 g/mol. The minimum atomic E-state index is 0.785. The van der Waals surface area contributed by atoms with E-state index in [0.29, 0.717) is 0 Å². The summed E-state index contributed by atoms with van der Waals surface area (Å²) in [7, 11) is 0. The first-order chi connectivity index (χ1) is 8.34. The van der Waals surface area contributed by atoms with Gasteiger partial charge in [0.25, 0.3) is 0 Å². The van der Waals surface area contributed by atoms with Crippen LogP contribution in [0.5, 0.6) is 0 Å². The van der Waals surface area contributed by atoms with Crippen molar-refractivity contribution in [1.82, 2.24) is 4.98 Å². The number of nitrogen functional groups attached to an aromatic ring is 1. The van der Waals surface area contributed by atoms with Gasteiger partial charge in [-0.1, -0.05) is 6.07 Å². The number of hydrogen-bond acceptors (Lipinski definition) is 4. The van der Waals surface area contributed by atoms with E-state index in [2.05, 4.69) is 16.0 Å². The summed E-state index contributed by atoms with van der Waals surface area (Å²) >= 11 is 0. The topological polar surface area (TPSA) is 55.3 Å². The fraction of sp³-hybridized carbons (Fsp3) is 0.308. The molecule has 0 amide bonds. The molecule has 0 radical (unpaired) electrons. The summed E-state index contributed by atoms with van der Waals surface area (Å²) in [6.45, 7) is 1.83. The molecule has 0 fully saturated rings. The molecule has 3 rings (SSSR count). The number of benzene rings is 1. The highest BCUT2D eigenvalue weighted by molar-refractivity contribution is 5.66. The lowest BCUT2D eigenvalue weighted by atomic mass is 10.00. The summed E-state index contributed by atoms with van der Waals surface area (Å²) in [4.78, 5) is 6.48. The average Bonchev–Trinajstić information content (AvgIpc) is 2.83. The van der Waals surface area contributed by atoms with E-state index in [4.69, 9.17) is 10.2 Å². The second-order valence-electron chi connectivity index (χ2n) is 4.35. The number of rotatable bonds is 2. The Hall–Kier alpha value is -1.97. The molecule has 0 saturated heterocycles. The van der Waals surface area contributed by atoms with Gasteiger partial charge in [-0.15, -0.1) is 0 Å². The van der Waals surface area contributed by atoms with E-state index in [1.165, 1.54) is 17.6 Å². The van der Waals surface area contributed by atoms with Crippen LogP contribution in [0.15, 0.2) is 35.3 Å². The SMILES string of the molecule is Nc1cccc2c1CCCN2Cc1cocn1. The van der Waals surface area contributed by atoms with E-state index >= 15 is 0 Å². The quantitative estimate of drug-likeness (QED) is 0.802. The number of nitrogens with zero attached hydrogens (tertiary/aromatic N) is 2. The van der Waals surface area contributed by atoms with Crippen molar-refractivity contribution in [2.24, 2.45) is 0 Å². The number of fused-ring (bicyclic) bond motifs is 1. The van der Waals surface area contributed by atoms with Gasteiger partial charge in [0.15, 0.2) is 6.39 Å². The van der Waals surface area contributed by atoms with Gasteiger partial charge in [0, 0.05) is 17.9 Å². The van der Waals surface area contributed by atoms with Gasteiger partial charge < -0.3 is 15.1 Å². The maximum Gasteiger partial charge on any atom is 0.180 e. The first kappa shape index (κ1) is 10.2. The number of aromatic nitrogens is 1. The molecule has 1 aliphatic rings. The van der Waals surface area contributed by atoms with Gasteiger partial charge in [0.2, 0.25) is 0 Å². The largest absolute Gasteiger partial charge is 0.451 e. The molecule has 0 spiro atoms. The van der Waals surface area contributed by atoms with Crippen LogP contribution >= 0.6 is 0 Å². The molecule has 0 saturated carbocycles. The molecule has 1 aromatic heterocycles. The molecule has 2 N–H and O–H groups in total. The summed E-state index contributed by atoms with van der Waals surface area (Å²) in [5.41, 5.74) is 10.4. The molecule has 4 heteroatoms. The summed E-state index contributed by atoms with van der Waals surface area (Å²) in [6.07, 6.45) is 5.37. The summed E-state index contributed by atoms with van der Waals surface area (Å²) in [6, 6.07) is 6.11. The van der Waals surface area contributed by atoms with E-state index in [1.54, 1.807) is 6.26 Å². The number of hydrogen-bond donors (Lipinski definition) is 1. The molecule has 17 heavy (non-hydrogen) atoms. The summed E-state index contributed by atoms with van der Waals surface area (Å²) in [5.74, 6) is 0. The highest BCUT2D eigenvalue weighted by Gasteiger charge is 2.19. The van der Waals surface area contributed by atoms with Gasteiger partial charge in [-0.2, -0.15) is 0 Å². The van der Waals surface area contributed by atoms with Crippen molar-refractivity contribution in [1.29, 1.82) is 0 Å². The van der Waals surface area contributed by atoms with Crippen LogP contribution in [0, 0.1) is 0 Å². The lowest BCUT2D eigenvalue weighted by molar-refractivity contribution is 0.555. The second kappa shape index (κ2) is 4.13. The van der Waals surface area contributed by atoms with Crippen LogP contribution in [0.3, 0.4) is 0 Å². The van der Waals surface area contributed by atoms with Gasteiger partial charge in [-0.3, -0.25) is 0 Å². The third-order valence-corrected chi connectivity index (χ3v) is 3.22. The number of oxazole rings is 1. The molecule has 0 aliphatic carbocycles. The van der Waals surface area contributed by atoms with Crippen LogP contribution in [-0.2, 0) is 13.0 Å². The molecule has 2 heterocycles. The molecule has 88 valence electrons. The Kier molecular flexibility index (Phi) is 2.48. The highest BCUT2D eigenvalue weighted by atomic mass is 16.3. The molecular formula is C13H15N3O. The Bertz CT molecular complexity index is 507. The van der Waals surface area contributed by atoms with Crippen LogP contribution in [-0.4, -0.2) is 11.5 Å². The van der Waals surface area contributed by atoms with E-state index in [-0.39, 0.29) is 0 Å². The molecule has 1 aromatic carbocycles. The highest BCUT2D eigenvalue weighted by Crippen LogP contribution is 2.31. The first-order valence-corrected chi connectivity index (χ1v) is 5.84. The molecular weight excluding hydrogens is 214 g/mol. The van der Waals surface area contributed by atoms with Crippen molar-refractivity contribution in [3.63, 3.8) is 0 Å². The zero-order valence-corrected chi connectivity index (χ0v) is 9.60. The maximum absolute atomic E-state index is 6.02. The number of anilines is 2. The van der Waals surface area contributed by atoms with Gasteiger partial charge in [-0.25, -0.2) is 4.98 Å². The number of nitrogens with two attached hydrogens (primary N) is 1. The Labute approximate surface area is 100 Å².